The Balaban J connectivity index is 1.99. The number of hydrogen-bond donors (Lipinski definition) is 0. The van der Waals surface area contributed by atoms with E-state index in [9.17, 15) is 0 Å². The number of unbranched alkanes of at least 4 members (excludes halogenated alkanes) is 28. The van der Waals surface area contributed by atoms with Gasteiger partial charge in [0.1, 0.15) is 0 Å². The van der Waals surface area contributed by atoms with Crippen molar-refractivity contribution < 1.29 is 0 Å². The zero-order valence-corrected chi connectivity index (χ0v) is 37.6. The van der Waals surface area contributed by atoms with Gasteiger partial charge in [-0.2, -0.15) is 0 Å². The molecule has 1 aromatic rings. The molecule has 0 aliphatic heterocycles. The molecule has 0 unspecified atom stereocenters. The van der Waals surface area contributed by atoms with Crippen molar-refractivity contribution in [3.8, 4) is 0 Å². The van der Waals surface area contributed by atoms with E-state index >= 15 is 0 Å². The minimum absolute atomic E-state index is 0.282. The van der Waals surface area contributed by atoms with Crippen LogP contribution in [0.4, 0.5) is 0 Å². The van der Waals surface area contributed by atoms with E-state index in [1.807, 2.05) is 43.2 Å². The number of nitrogens with zero attached hydrogens (tertiary/aromatic N) is 2. The molecule has 0 fully saturated rings. The second-order valence-corrected chi connectivity index (χ2v) is 23.2. The molecule has 1 rings (SSSR count). The third kappa shape index (κ3) is 32.1. The van der Waals surface area contributed by atoms with Gasteiger partial charge in [-0.05, 0) is 62.1 Å². The molecule has 0 atom stereocenters. The van der Waals surface area contributed by atoms with Crippen LogP contribution in [0.3, 0.4) is 0 Å². The van der Waals surface area contributed by atoms with Crippen molar-refractivity contribution in [3.63, 3.8) is 0 Å². The fourth-order valence-electron chi connectivity index (χ4n) is 6.49. The lowest BCUT2D eigenvalue weighted by atomic mass is 10.0. The van der Waals surface area contributed by atoms with Gasteiger partial charge in [0.05, 0.1) is 0 Å². The molecule has 0 aromatic carbocycles. The van der Waals surface area contributed by atoms with E-state index in [0.717, 1.165) is 8.68 Å². The van der Waals surface area contributed by atoms with Crippen LogP contribution in [0.2, 0.25) is 0 Å². The summed E-state index contributed by atoms with van der Waals surface area (Å²) in [5.74, 6) is 0. The van der Waals surface area contributed by atoms with Gasteiger partial charge in [0.15, 0.2) is 8.68 Å². The molecule has 0 saturated heterocycles. The number of hydrogen-bond acceptors (Lipinski definition) is 7. The van der Waals surface area contributed by atoms with Crippen LogP contribution in [0.5, 0.6) is 0 Å². The summed E-state index contributed by atoms with van der Waals surface area (Å²) in [6, 6.07) is 0. The largest absolute Gasteiger partial charge is 0.185 e. The van der Waals surface area contributed by atoms with Crippen molar-refractivity contribution in [1.82, 2.24) is 10.2 Å². The topological polar surface area (TPSA) is 25.8 Å². The van der Waals surface area contributed by atoms with Gasteiger partial charge in [-0.25, -0.2) is 0 Å². The Hall–Kier alpha value is 0.960. The predicted molar refractivity (Wildman–Crippen MR) is 234 cm³/mol. The standard InChI is InChI=1S/C42H82N2S5/c1-7-9-11-13-15-17-19-21-23-25-27-29-31-33-35-37-41(3,4)48-46-39-43-44-40(45-39)47-49-42(5,6)38-36-34-32-30-28-26-24-22-20-18-16-14-12-10-8-2/h7-38H2,1-6H3. The van der Waals surface area contributed by atoms with Gasteiger partial charge in [0.25, 0.3) is 0 Å². The van der Waals surface area contributed by atoms with E-state index in [1.165, 1.54) is 205 Å². The maximum atomic E-state index is 4.52. The highest BCUT2D eigenvalue weighted by atomic mass is 33.1. The highest BCUT2D eigenvalue weighted by molar-refractivity contribution is 8.78. The average molecular weight is 775 g/mol. The first-order valence-corrected chi connectivity index (χ1v) is 26.4. The zero-order valence-electron chi connectivity index (χ0n) is 33.6. The van der Waals surface area contributed by atoms with E-state index < -0.39 is 0 Å². The summed E-state index contributed by atoms with van der Waals surface area (Å²) in [7, 11) is 7.66. The van der Waals surface area contributed by atoms with Crippen LogP contribution in [-0.2, 0) is 0 Å². The van der Waals surface area contributed by atoms with Crippen LogP contribution in [-0.4, -0.2) is 19.7 Å². The van der Waals surface area contributed by atoms with Crippen molar-refractivity contribution in [2.75, 3.05) is 0 Å². The van der Waals surface area contributed by atoms with E-state index in [0.29, 0.717) is 0 Å². The second-order valence-electron chi connectivity index (χ2n) is 16.1. The summed E-state index contributed by atoms with van der Waals surface area (Å²) in [5, 5.41) is 9.04. The lowest BCUT2D eigenvalue weighted by molar-refractivity contribution is 0.518. The van der Waals surface area contributed by atoms with Crippen LogP contribution >= 0.6 is 54.5 Å². The zero-order chi connectivity index (χ0) is 35.7. The minimum Gasteiger partial charge on any atom is -0.130 e. The summed E-state index contributed by atoms with van der Waals surface area (Å²) >= 11 is 1.77. The Kier molecular flexibility index (Phi) is 32.8. The molecule has 290 valence electrons. The Bertz CT molecular complexity index is 763. The first-order valence-electron chi connectivity index (χ1n) is 21.3. The first-order chi connectivity index (χ1) is 23.8. The third-order valence-electron chi connectivity index (χ3n) is 9.83. The fraction of sp³-hybridized carbons (Fsp3) is 0.952. The molecule has 0 saturated carbocycles. The number of rotatable bonds is 38. The molecular weight excluding hydrogens is 693 g/mol. The monoisotopic (exact) mass is 775 g/mol. The molecule has 0 aliphatic rings. The van der Waals surface area contributed by atoms with E-state index in [2.05, 4.69) is 51.7 Å². The molecule has 0 aliphatic carbocycles. The minimum atomic E-state index is 0.282. The Morgan fingerprint density at radius 1 is 0.367 bits per heavy atom. The molecule has 0 N–H and O–H groups in total. The molecule has 1 heterocycles. The van der Waals surface area contributed by atoms with Crippen LogP contribution in [0.15, 0.2) is 8.68 Å². The van der Waals surface area contributed by atoms with Crippen LogP contribution < -0.4 is 0 Å². The van der Waals surface area contributed by atoms with Crippen LogP contribution in [0, 0.1) is 0 Å². The molecule has 49 heavy (non-hydrogen) atoms. The molecule has 0 bridgehead atoms. The highest BCUT2D eigenvalue weighted by Crippen LogP contribution is 2.48. The summed E-state index contributed by atoms with van der Waals surface area (Å²) in [6.07, 6.45) is 45.5. The van der Waals surface area contributed by atoms with Gasteiger partial charge in [-0.15, -0.1) is 10.2 Å². The molecule has 0 spiro atoms. The quantitative estimate of drug-likeness (QED) is 0.0490. The maximum absolute atomic E-state index is 4.52. The van der Waals surface area contributed by atoms with Crippen LogP contribution in [0.1, 0.15) is 247 Å². The lowest BCUT2D eigenvalue weighted by Crippen LogP contribution is -2.12. The fourth-order valence-corrected chi connectivity index (χ4v) is 12.6. The third-order valence-corrected chi connectivity index (χ3v) is 18.1. The van der Waals surface area contributed by atoms with Gasteiger partial charge in [0.2, 0.25) is 0 Å². The first kappa shape index (κ1) is 48.0. The molecule has 1 aromatic heterocycles. The average Bonchev–Trinajstić information content (AvgIpc) is 3.54. The van der Waals surface area contributed by atoms with Crippen molar-refractivity contribution in [3.05, 3.63) is 0 Å². The normalized spacial score (nSPS) is 12.4. The number of aromatic nitrogens is 2. The Labute approximate surface area is 327 Å². The summed E-state index contributed by atoms with van der Waals surface area (Å²) < 4.78 is 2.78. The maximum Gasteiger partial charge on any atom is 0.185 e. The summed E-state index contributed by atoms with van der Waals surface area (Å²) in [5.41, 5.74) is 0. The van der Waals surface area contributed by atoms with Crippen molar-refractivity contribution in [2.24, 2.45) is 0 Å². The van der Waals surface area contributed by atoms with Crippen molar-refractivity contribution in [2.45, 2.75) is 265 Å². The lowest BCUT2D eigenvalue weighted by Gasteiger charge is -2.22. The molecule has 0 amide bonds. The van der Waals surface area contributed by atoms with Crippen molar-refractivity contribution in [1.29, 1.82) is 0 Å². The second kappa shape index (κ2) is 33.5. The summed E-state index contributed by atoms with van der Waals surface area (Å²) in [6.45, 7) is 14.2. The van der Waals surface area contributed by atoms with Gasteiger partial charge >= 0.3 is 0 Å². The van der Waals surface area contributed by atoms with Crippen LogP contribution in [0.25, 0.3) is 0 Å². The molecule has 2 nitrogen and oxygen atoms in total. The van der Waals surface area contributed by atoms with Gasteiger partial charge in [-0.1, -0.05) is 239 Å². The van der Waals surface area contributed by atoms with Gasteiger partial charge in [-0.3, -0.25) is 0 Å². The van der Waals surface area contributed by atoms with E-state index in [4.69, 9.17) is 0 Å². The predicted octanol–water partition coefficient (Wildman–Crippen LogP) is 18.1. The SMILES string of the molecule is CCCCCCCCCCCCCCCCCC(C)(C)SSc1nnc(SSC(C)(C)CCCCCCCCCCCCCCCCC)s1. The van der Waals surface area contributed by atoms with E-state index in [1.54, 1.807) is 11.3 Å². The smallest absolute Gasteiger partial charge is 0.130 e. The Morgan fingerprint density at radius 2 is 0.592 bits per heavy atom. The Morgan fingerprint density at radius 3 is 0.837 bits per heavy atom. The highest BCUT2D eigenvalue weighted by Gasteiger charge is 2.22. The van der Waals surface area contributed by atoms with Gasteiger partial charge in [0, 0.05) is 9.49 Å². The summed E-state index contributed by atoms with van der Waals surface area (Å²) in [4.78, 5) is 0. The molecule has 0 radical (unpaired) electrons. The molecular formula is C42H82N2S5. The van der Waals surface area contributed by atoms with Crippen molar-refractivity contribution >= 4 is 54.5 Å². The van der Waals surface area contributed by atoms with E-state index in [-0.39, 0.29) is 9.49 Å². The molecule has 7 heteroatoms. The van der Waals surface area contributed by atoms with Gasteiger partial charge < -0.3 is 0 Å².